The Bertz CT molecular complexity index is 513. The van der Waals surface area contributed by atoms with Crippen LogP contribution in [0, 0.1) is 5.82 Å². The molecule has 1 aliphatic rings. The van der Waals surface area contributed by atoms with E-state index in [1.807, 2.05) is 6.92 Å². The highest BCUT2D eigenvalue weighted by molar-refractivity contribution is 8.04. The minimum absolute atomic E-state index is 0.0315. The maximum absolute atomic E-state index is 13.3. The van der Waals surface area contributed by atoms with Crippen molar-refractivity contribution in [3.8, 4) is 0 Å². The van der Waals surface area contributed by atoms with Gasteiger partial charge in [0, 0.05) is 10.6 Å². The number of carbonyl (C=O) groups excluding carboxylic acids is 1. The van der Waals surface area contributed by atoms with E-state index in [9.17, 15) is 9.18 Å². The van der Waals surface area contributed by atoms with Crippen molar-refractivity contribution in [3.63, 3.8) is 0 Å². The molecule has 1 aliphatic heterocycles. The van der Waals surface area contributed by atoms with Crippen LogP contribution in [-0.4, -0.2) is 5.78 Å². The third kappa shape index (κ3) is 1.95. The summed E-state index contributed by atoms with van der Waals surface area (Å²) in [5.41, 5.74) is 1.51. The fourth-order valence-electron chi connectivity index (χ4n) is 1.49. The lowest BCUT2D eigenvalue weighted by atomic mass is 10.2. The molecule has 0 radical (unpaired) electrons. The molecule has 0 aliphatic carbocycles. The van der Waals surface area contributed by atoms with Gasteiger partial charge >= 0.3 is 0 Å². The monoisotopic (exact) mass is 257 g/mol. The van der Waals surface area contributed by atoms with E-state index in [2.05, 4.69) is 5.32 Å². The van der Waals surface area contributed by atoms with Crippen molar-refractivity contribution in [2.45, 2.75) is 18.7 Å². The van der Waals surface area contributed by atoms with Gasteiger partial charge in [-0.3, -0.25) is 4.79 Å². The van der Waals surface area contributed by atoms with E-state index in [1.165, 1.54) is 30.8 Å². The molecule has 0 atom stereocenters. The van der Waals surface area contributed by atoms with Crippen LogP contribution in [0.4, 0.5) is 10.1 Å². The minimum Gasteiger partial charge on any atom is -0.357 e. The fourth-order valence-corrected chi connectivity index (χ4v) is 2.61. The Morgan fingerprint density at radius 3 is 2.81 bits per heavy atom. The number of thioether (sulfide) groups is 1. The highest BCUT2D eigenvalue weighted by atomic mass is 35.5. The number of rotatable bonds is 1. The standard InChI is InChI=1S/C11H9ClFNOS/c1-5-11(6(2)15)16-10-4-8(13)7(12)3-9(10)14-5/h3-4,14H,1-2H3. The molecule has 0 saturated heterocycles. The lowest BCUT2D eigenvalue weighted by Crippen LogP contribution is -2.09. The predicted molar refractivity (Wildman–Crippen MR) is 64.3 cm³/mol. The predicted octanol–water partition coefficient (Wildman–Crippen LogP) is 3.82. The number of hydrogen-bond acceptors (Lipinski definition) is 3. The number of carbonyl (C=O) groups is 1. The van der Waals surface area contributed by atoms with Gasteiger partial charge in [0.15, 0.2) is 5.78 Å². The lowest BCUT2D eigenvalue weighted by Gasteiger charge is -2.21. The summed E-state index contributed by atoms with van der Waals surface area (Å²) in [6, 6.07) is 2.87. The van der Waals surface area contributed by atoms with Gasteiger partial charge in [0.2, 0.25) is 0 Å². The average Bonchev–Trinajstić information content (AvgIpc) is 2.19. The molecule has 2 rings (SSSR count). The van der Waals surface area contributed by atoms with E-state index in [-0.39, 0.29) is 10.8 Å². The Morgan fingerprint density at radius 2 is 2.19 bits per heavy atom. The molecular weight excluding hydrogens is 249 g/mol. The van der Waals surface area contributed by atoms with Gasteiger partial charge in [-0.1, -0.05) is 23.4 Å². The van der Waals surface area contributed by atoms with E-state index in [1.54, 1.807) is 0 Å². The zero-order chi connectivity index (χ0) is 11.9. The molecular formula is C11H9ClFNOS. The number of anilines is 1. The third-order valence-electron chi connectivity index (χ3n) is 2.22. The number of hydrogen-bond donors (Lipinski definition) is 1. The molecule has 5 heteroatoms. The number of nitrogens with one attached hydrogen (secondary N) is 1. The van der Waals surface area contributed by atoms with Gasteiger partial charge in [-0.25, -0.2) is 4.39 Å². The van der Waals surface area contributed by atoms with Crippen molar-refractivity contribution in [2.75, 3.05) is 5.32 Å². The molecule has 0 aromatic heterocycles. The Hall–Kier alpha value is -1.00. The van der Waals surface area contributed by atoms with Crippen LogP contribution in [0.1, 0.15) is 13.8 Å². The van der Waals surface area contributed by atoms with Crippen molar-refractivity contribution in [1.82, 2.24) is 0 Å². The molecule has 0 fully saturated rings. The van der Waals surface area contributed by atoms with Gasteiger partial charge in [0.1, 0.15) is 5.82 Å². The van der Waals surface area contributed by atoms with Crippen molar-refractivity contribution in [3.05, 3.63) is 33.6 Å². The number of Topliss-reactive ketones (excluding diaryl/α,β-unsaturated/α-hetero) is 1. The molecule has 1 aromatic rings. The maximum Gasteiger partial charge on any atom is 0.168 e. The van der Waals surface area contributed by atoms with Crippen LogP contribution in [0.25, 0.3) is 0 Å². The number of fused-ring (bicyclic) bond motifs is 1. The minimum atomic E-state index is -0.475. The van der Waals surface area contributed by atoms with Crippen LogP contribution in [-0.2, 0) is 4.79 Å². The topological polar surface area (TPSA) is 29.1 Å². The van der Waals surface area contributed by atoms with Gasteiger partial charge in [-0.2, -0.15) is 0 Å². The summed E-state index contributed by atoms with van der Waals surface area (Å²) in [6.07, 6.45) is 0. The highest BCUT2D eigenvalue weighted by Gasteiger charge is 2.20. The Morgan fingerprint density at radius 1 is 1.50 bits per heavy atom. The number of benzene rings is 1. The van der Waals surface area contributed by atoms with E-state index < -0.39 is 5.82 Å². The number of allylic oxidation sites excluding steroid dienone is 2. The largest absolute Gasteiger partial charge is 0.357 e. The molecule has 0 unspecified atom stereocenters. The molecule has 16 heavy (non-hydrogen) atoms. The number of halogens is 2. The van der Waals surface area contributed by atoms with Crippen LogP contribution in [0.15, 0.2) is 27.6 Å². The molecule has 1 heterocycles. The van der Waals surface area contributed by atoms with Crippen molar-refractivity contribution in [2.24, 2.45) is 0 Å². The second kappa shape index (κ2) is 4.11. The summed E-state index contributed by atoms with van der Waals surface area (Å²) in [5.74, 6) is -0.506. The molecule has 0 saturated carbocycles. The van der Waals surface area contributed by atoms with E-state index >= 15 is 0 Å². The molecule has 1 aromatic carbocycles. The van der Waals surface area contributed by atoms with Crippen LogP contribution >= 0.6 is 23.4 Å². The normalized spacial score (nSPS) is 14.5. The zero-order valence-electron chi connectivity index (χ0n) is 8.73. The second-order valence-electron chi connectivity index (χ2n) is 3.50. The maximum atomic E-state index is 13.3. The highest BCUT2D eigenvalue weighted by Crippen LogP contribution is 2.41. The fraction of sp³-hybridized carbons (Fsp3) is 0.182. The van der Waals surface area contributed by atoms with Gasteiger partial charge in [-0.15, -0.1) is 0 Å². The van der Waals surface area contributed by atoms with Crippen LogP contribution in [0.2, 0.25) is 5.02 Å². The summed E-state index contributed by atoms with van der Waals surface area (Å²) in [7, 11) is 0. The average molecular weight is 258 g/mol. The molecule has 84 valence electrons. The van der Waals surface area contributed by atoms with Crippen molar-refractivity contribution >= 4 is 34.8 Å². The van der Waals surface area contributed by atoms with Crippen LogP contribution in [0.5, 0.6) is 0 Å². The summed E-state index contributed by atoms with van der Waals surface area (Å²) in [4.78, 5) is 12.6. The lowest BCUT2D eigenvalue weighted by molar-refractivity contribution is -0.113. The van der Waals surface area contributed by atoms with Crippen LogP contribution in [0.3, 0.4) is 0 Å². The third-order valence-corrected chi connectivity index (χ3v) is 3.86. The van der Waals surface area contributed by atoms with Gasteiger partial charge < -0.3 is 5.32 Å². The SMILES string of the molecule is CC(=O)C1=C(C)Nc2cc(Cl)c(F)cc2S1. The summed E-state index contributed by atoms with van der Waals surface area (Å²) in [6.45, 7) is 3.30. The van der Waals surface area contributed by atoms with E-state index in [0.29, 0.717) is 9.80 Å². The van der Waals surface area contributed by atoms with Gasteiger partial charge in [0.25, 0.3) is 0 Å². The smallest absolute Gasteiger partial charge is 0.168 e. The molecule has 1 N–H and O–H groups in total. The van der Waals surface area contributed by atoms with E-state index in [0.717, 1.165) is 11.4 Å². The molecule has 0 amide bonds. The van der Waals surface area contributed by atoms with Crippen LogP contribution < -0.4 is 5.32 Å². The Balaban J connectivity index is 2.47. The van der Waals surface area contributed by atoms with E-state index in [4.69, 9.17) is 11.6 Å². The molecule has 0 bridgehead atoms. The van der Waals surface area contributed by atoms with Gasteiger partial charge in [-0.05, 0) is 26.0 Å². The first-order chi connectivity index (χ1) is 7.49. The quantitative estimate of drug-likeness (QED) is 0.829. The summed E-state index contributed by atoms with van der Waals surface area (Å²) >= 11 is 6.95. The Kier molecular flexibility index (Phi) is 2.95. The molecule has 0 spiro atoms. The first-order valence-corrected chi connectivity index (χ1v) is 5.84. The molecule has 2 nitrogen and oxygen atoms in total. The van der Waals surface area contributed by atoms with Crippen molar-refractivity contribution < 1.29 is 9.18 Å². The van der Waals surface area contributed by atoms with Crippen molar-refractivity contribution in [1.29, 1.82) is 0 Å². The van der Waals surface area contributed by atoms with Gasteiger partial charge in [0.05, 0.1) is 15.6 Å². The summed E-state index contributed by atoms with van der Waals surface area (Å²) < 4.78 is 13.3. The first kappa shape index (κ1) is 11.5. The summed E-state index contributed by atoms with van der Waals surface area (Å²) in [5, 5.41) is 3.12. The number of ketones is 1. The first-order valence-electron chi connectivity index (χ1n) is 4.65. The zero-order valence-corrected chi connectivity index (χ0v) is 10.3. The second-order valence-corrected chi connectivity index (χ2v) is 4.96. The Labute approximate surface area is 102 Å².